The average Bonchev–Trinajstić information content (AvgIpc) is 3.42. The molecule has 4 heterocycles. The lowest BCUT2D eigenvalue weighted by atomic mass is 10.0. The van der Waals surface area contributed by atoms with Crippen LogP contribution >= 0.6 is 12.4 Å². The van der Waals surface area contributed by atoms with E-state index in [4.69, 9.17) is 4.74 Å². The summed E-state index contributed by atoms with van der Waals surface area (Å²) in [6.45, 7) is 4.89. The Morgan fingerprint density at radius 2 is 1.94 bits per heavy atom. The number of nitrogens with one attached hydrogen (secondary N) is 1. The molecule has 10 heteroatoms. The van der Waals surface area contributed by atoms with Crippen LogP contribution in [0.1, 0.15) is 23.2 Å². The van der Waals surface area contributed by atoms with Crippen LogP contribution in [0, 0.1) is 0 Å². The maximum atomic E-state index is 12.7. The third kappa shape index (κ3) is 4.62. The molecule has 3 aliphatic heterocycles. The van der Waals surface area contributed by atoms with Gasteiger partial charge in [-0.1, -0.05) is 6.07 Å². The molecule has 2 aromatic rings. The Morgan fingerprint density at radius 3 is 2.69 bits per heavy atom. The zero-order chi connectivity index (χ0) is 21.4. The van der Waals surface area contributed by atoms with Gasteiger partial charge in [0.05, 0.1) is 31.2 Å². The number of hydrogen-bond acceptors (Lipinski definition) is 5. The standard InChI is InChI=1S/C22H26N4O4S.ClH/c27-22-20(14-18-3-1-6-25(18)16-24-8-10-30-11-9-24)19-13-17(4-5-21(19)23-22)15-26-7-2-12-31(26,28)29;/h1,3-6,13-14H,2,7-12,15-16H2,(H,23,27);1H. The number of benzene rings is 1. The van der Waals surface area contributed by atoms with Crippen LogP contribution in [0.25, 0.3) is 11.6 Å². The number of carbonyl (C=O) groups is 1. The molecule has 8 nitrogen and oxygen atoms in total. The Bertz CT molecular complexity index is 1140. The fraction of sp³-hybridized carbons (Fsp3) is 0.409. The van der Waals surface area contributed by atoms with E-state index >= 15 is 0 Å². The van der Waals surface area contributed by atoms with Crippen molar-refractivity contribution in [1.29, 1.82) is 0 Å². The molecule has 0 saturated carbocycles. The Morgan fingerprint density at radius 1 is 1.12 bits per heavy atom. The van der Waals surface area contributed by atoms with Gasteiger partial charge in [-0.3, -0.25) is 9.69 Å². The molecule has 1 aromatic carbocycles. The summed E-state index contributed by atoms with van der Waals surface area (Å²) >= 11 is 0. The molecule has 2 saturated heterocycles. The maximum Gasteiger partial charge on any atom is 0.256 e. The number of morpholine rings is 1. The molecule has 172 valence electrons. The number of carbonyl (C=O) groups excluding carboxylic acids is 1. The second-order valence-corrected chi connectivity index (χ2v) is 10.3. The quantitative estimate of drug-likeness (QED) is 0.666. The number of anilines is 1. The normalized spacial score (nSPS) is 22.0. The molecule has 2 fully saturated rings. The van der Waals surface area contributed by atoms with Gasteiger partial charge in [-0.2, -0.15) is 4.31 Å². The second kappa shape index (κ2) is 9.36. The predicted octanol–water partition coefficient (Wildman–Crippen LogP) is 2.23. The van der Waals surface area contributed by atoms with E-state index in [9.17, 15) is 13.2 Å². The van der Waals surface area contributed by atoms with Gasteiger partial charge in [0.2, 0.25) is 10.0 Å². The minimum atomic E-state index is -3.17. The predicted molar refractivity (Wildman–Crippen MR) is 126 cm³/mol. The Labute approximate surface area is 194 Å². The first kappa shape index (κ1) is 23.0. The SMILES string of the molecule is Cl.O=C1Nc2ccc(CN3CCCS3(=O)=O)cc2C1=Cc1cccn1CN1CCOCC1. The third-order valence-corrected chi connectivity index (χ3v) is 7.95. The molecule has 0 spiro atoms. The van der Waals surface area contributed by atoms with Crippen molar-refractivity contribution < 1.29 is 17.9 Å². The summed E-state index contributed by atoms with van der Waals surface area (Å²) in [5, 5.41) is 2.92. The molecule has 5 rings (SSSR count). The Hall–Kier alpha value is -2.17. The molecular weight excluding hydrogens is 452 g/mol. The van der Waals surface area contributed by atoms with E-state index in [1.165, 1.54) is 4.31 Å². The molecule has 3 aliphatic rings. The van der Waals surface area contributed by atoms with E-state index in [0.717, 1.165) is 55.5 Å². The summed E-state index contributed by atoms with van der Waals surface area (Å²) in [6.07, 6.45) is 4.60. The summed E-state index contributed by atoms with van der Waals surface area (Å²) in [5.74, 6) is 0.0727. The number of nitrogens with zero attached hydrogens (tertiary/aromatic N) is 3. The maximum absolute atomic E-state index is 12.7. The number of rotatable bonds is 5. The molecule has 1 N–H and O–H groups in total. The minimum absolute atomic E-state index is 0. The molecule has 1 amide bonds. The monoisotopic (exact) mass is 478 g/mol. The molecule has 0 radical (unpaired) electrons. The minimum Gasteiger partial charge on any atom is -0.379 e. The van der Waals surface area contributed by atoms with Crippen molar-refractivity contribution in [2.24, 2.45) is 0 Å². The lowest BCUT2D eigenvalue weighted by Gasteiger charge is -2.27. The highest BCUT2D eigenvalue weighted by molar-refractivity contribution is 7.89. The van der Waals surface area contributed by atoms with E-state index in [-0.39, 0.29) is 24.1 Å². The van der Waals surface area contributed by atoms with Crippen molar-refractivity contribution in [3.05, 3.63) is 53.3 Å². The zero-order valence-corrected chi connectivity index (χ0v) is 19.3. The van der Waals surface area contributed by atoms with Crippen LogP contribution < -0.4 is 5.32 Å². The third-order valence-electron chi connectivity index (χ3n) is 6.04. The van der Waals surface area contributed by atoms with Crippen LogP contribution in [0.3, 0.4) is 0 Å². The fourth-order valence-corrected chi connectivity index (χ4v) is 5.85. The van der Waals surface area contributed by atoms with Crippen LogP contribution in [-0.2, 0) is 32.8 Å². The molecule has 0 aliphatic carbocycles. The van der Waals surface area contributed by atoms with Crippen molar-refractivity contribution in [2.75, 3.05) is 43.9 Å². The lowest BCUT2D eigenvalue weighted by molar-refractivity contribution is -0.110. The van der Waals surface area contributed by atoms with E-state index in [2.05, 4.69) is 14.8 Å². The first-order chi connectivity index (χ1) is 15.0. The fourth-order valence-electron chi connectivity index (χ4n) is 4.34. The number of fused-ring (bicyclic) bond motifs is 1. The van der Waals surface area contributed by atoms with Crippen molar-refractivity contribution in [3.63, 3.8) is 0 Å². The van der Waals surface area contributed by atoms with Gasteiger partial charge in [-0.25, -0.2) is 8.42 Å². The van der Waals surface area contributed by atoms with Gasteiger partial charge in [0.25, 0.3) is 5.91 Å². The highest BCUT2D eigenvalue weighted by Gasteiger charge is 2.29. The average molecular weight is 479 g/mol. The zero-order valence-electron chi connectivity index (χ0n) is 17.7. The van der Waals surface area contributed by atoms with E-state index < -0.39 is 10.0 Å². The van der Waals surface area contributed by atoms with Crippen molar-refractivity contribution in [1.82, 2.24) is 13.8 Å². The number of sulfonamides is 1. The number of halogens is 1. The number of hydrogen-bond donors (Lipinski definition) is 1. The highest BCUT2D eigenvalue weighted by Crippen LogP contribution is 2.34. The molecule has 0 unspecified atom stereocenters. The van der Waals surface area contributed by atoms with Crippen molar-refractivity contribution >= 4 is 45.7 Å². The molecular formula is C22H27ClN4O4S. The molecule has 0 bridgehead atoms. The van der Waals surface area contributed by atoms with Crippen LogP contribution in [0.4, 0.5) is 5.69 Å². The smallest absolute Gasteiger partial charge is 0.256 e. The summed E-state index contributed by atoms with van der Waals surface area (Å²) in [7, 11) is -3.17. The van der Waals surface area contributed by atoms with Crippen molar-refractivity contribution in [2.45, 2.75) is 19.6 Å². The summed E-state index contributed by atoms with van der Waals surface area (Å²) in [5.41, 5.74) is 4.02. The van der Waals surface area contributed by atoms with Crippen LogP contribution in [0.2, 0.25) is 0 Å². The summed E-state index contributed by atoms with van der Waals surface area (Å²) in [6, 6.07) is 9.66. The van der Waals surface area contributed by atoms with Crippen LogP contribution in [-0.4, -0.2) is 66.7 Å². The van der Waals surface area contributed by atoms with Gasteiger partial charge in [0, 0.05) is 49.3 Å². The van der Waals surface area contributed by atoms with Gasteiger partial charge < -0.3 is 14.6 Å². The van der Waals surface area contributed by atoms with Crippen LogP contribution in [0.15, 0.2) is 36.5 Å². The van der Waals surface area contributed by atoms with Gasteiger partial charge in [-0.15, -0.1) is 12.4 Å². The van der Waals surface area contributed by atoms with E-state index in [0.29, 0.717) is 25.1 Å². The van der Waals surface area contributed by atoms with E-state index in [1.807, 2.05) is 42.6 Å². The van der Waals surface area contributed by atoms with Gasteiger partial charge in [0.1, 0.15) is 0 Å². The second-order valence-electron chi connectivity index (χ2n) is 8.17. The molecule has 1 aromatic heterocycles. The molecule has 32 heavy (non-hydrogen) atoms. The topological polar surface area (TPSA) is 83.9 Å². The molecule has 0 atom stereocenters. The Kier molecular flexibility index (Phi) is 6.73. The van der Waals surface area contributed by atoms with Gasteiger partial charge in [-0.05, 0) is 42.3 Å². The number of amides is 1. The van der Waals surface area contributed by atoms with Gasteiger partial charge >= 0.3 is 0 Å². The summed E-state index contributed by atoms with van der Waals surface area (Å²) < 4.78 is 33.4. The largest absolute Gasteiger partial charge is 0.379 e. The van der Waals surface area contributed by atoms with Crippen molar-refractivity contribution in [3.8, 4) is 0 Å². The first-order valence-electron chi connectivity index (χ1n) is 10.6. The number of ether oxygens (including phenoxy) is 1. The first-order valence-corrected chi connectivity index (χ1v) is 12.2. The Balaban J connectivity index is 0.00000245. The van der Waals surface area contributed by atoms with Crippen LogP contribution in [0.5, 0.6) is 0 Å². The lowest BCUT2D eigenvalue weighted by Crippen LogP contribution is -2.37. The highest BCUT2D eigenvalue weighted by atomic mass is 35.5. The van der Waals surface area contributed by atoms with Gasteiger partial charge in [0.15, 0.2) is 0 Å². The number of aromatic nitrogens is 1. The van der Waals surface area contributed by atoms with E-state index in [1.54, 1.807) is 0 Å². The summed E-state index contributed by atoms with van der Waals surface area (Å²) in [4.78, 5) is 15.0.